The maximum atomic E-state index is 12.5. The van der Waals surface area contributed by atoms with Crippen LogP contribution in [0.5, 0.6) is 0 Å². The standard InChI is InChI=1S/C18H37N5O3S.HI/c1-5-19-18(20-15-17-7-6-8-21(17)4)22-9-11-23(12-10-22)27(24,25)14-13-26-16(2)3;/h16-17H,5-15H2,1-4H3,(H,19,20);1H. The topological polar surface area (TPSA) is 77.5 Å². The molecule has 1 N–H and O–H groups in total. The van der Waals surface area contributed by atoms with Gasteiger partial charge < -0.3 is 19.9 Å². The SMILES string of the molecule is CCNC(=NCC1CCCN1C)N1CCN(S(=O)(=O)CCOC(C)C)CC1.I. The number of halogens is 1. The predicted octanol–water partition coefficient (Wildman–Crippen LogP) is 1.04. The third-order valence-corrected chi connectivity index (χ3v) is 7.02. The second kappa shape index (κ2) is 12.5. The Morgan fingerprint density at radius 1 is 1.21 bits per heavy atom. The lowest BCUT2D eigenvalue weighted by Crippen LogP contribution is -2.54. The fourth-order valence-electron chi connectivity index (χ4n) is 3.52. The van der Waals surface area contributed by atoms with Gasteiger partial charge in [0.2, 0.25) is 10.0 Å². The van der Waals surface area contributed by atoms with Gasteiger partial charge >= 0.3 is 0 Å². The highest BCUT2D eigenvalue weighted by molar-refractivity contribution is 14.0. The third-order valence-electron chi connectivity index (χ3n) is 5.18. The van der Waals surface area contributed by atoms with Crippen molar-refractivity contribution in [3.05, 3.63) is 0 Å². The van der Waals surface area contributed by atoms with Crippen molar-refractivity contribution in [2.24, 2.45) is 4.99 Å². The van der Waals surface area contributed by atoms with Crippen LogP contribution in [0, 0.1) is 0 Å². The highest BCUT2D eigenvalue weighted by atomic mass is 127. The zero-order valence-electron chi connectivity index (χ0n) is 17.8. The molecule has 0 aliphatic carbocycles. The zero-order valence-corrected chi connectivity index (χ0v) is 20.9. The van der Waals surface area contributed by atoms with E-state index in [1.165, 1.54) is 12.8 Å². The molecule has 2 fully saturated rings. The van der Waals surface area contributed by atoms with Gasteiger partial charge in [-0.3, -0.25) is 4.99 Å². The number of sulfonamides is 1. The van der Waals surface area contributed by atoms with Gasteiger partial charge in [-0.1, -0.05) is 0 Å². The number of rotatable bonds is 8. The van der Waals surface area contributed by atoms with E-state index < -0.39 is 10.0 Å². The van der Waals surface area contributed by atoms with E-state index in [-0.39, 0.29) is 42.4 Å². The van der Waals surface area contributed by atoms with Crippen molar-refractivity contribution in [1.29, 1.82) is 0 Å². The Morgan fingerprint density at radius 2 is 1.89 bits per heavy atom. The number of likely N-dealkylation sites (N-methyl/N-ethyl adjacent to an activating group) is 1. The van der Waals surface area contributed by atoms with Crippen LogP contribution in [0.1, 0.15) is 33.6 Å². The summed E-state index contributed by atoms with van der Waals surface area (Å²) in [5, 5.41) is 3.36. The van der Waals surface area contributed by atoms with Crippen LogP contribution in [0.25, 0.3) is 0 Å². The lowest BCUT2D eigenvalue weighted by atomic mass is 10.2. The Hall–Kier alpha value is -0.170. The molecule has 10 heteroatoms. The number of piperazine rings is 1. The lowest BCUT2D eigenvalue weighted by molar-refractivity contribution is 0.0904. The Bertz CT molecular complexity index is 580. The minimum Gasteiger partial charge on any atom is -0.378 e. The first-order chi connectivity index (χ1) is 12.8. The quantitative estimate of drug-likeness (QED) is 0.287. The number of likely N-dealkylation sites (tertiary alicyclic amines) is 1. The van der Waals surface area contributed by atoms with Crippen molar-refractivity contribution in [2.75, 3.05) is 65.2 Å². The summed E-state index contributed by atoms with van der Waals surface area (Å²) in [5.74, 6) is 0.950. The molecule has 1 unspecified atom stereocenters. The number of ether oxygens (including phenoxy) is 1. The van der Waals surface area contributed by atoms with Crippen LogP contribution in [0.4, 0.5) is 0 Å². The molecule has 0 aromatic carbocycles. The smallest absolute Gasteiger partial charge is 0.216 e. The van der Waals surface area contributed by atoms with Crippen molar-refractivity contribution in [3.8, 4) is 0 Å². The average molecular weight is 532 g/mol. The first kappa shape index (κ1) is 25.9. The Morgan fingerprint density at radius 3 is 2.43 bits per heavy atom. The van der Waals surface area contributed by atoms with Gasteiger partial charge in [0.25, 0.3) is 0 Å². The van der Waals surface area contributed by atoms with Gasteiger partial charge in [-0.2, -0.15) is 4.31 Å². The fraction of sp³-hybridized carbons (Fsp3) is 0.944. The Labute approximate surface area is 188 Å². The second-order valence-corrected chi connectivity index (χ2v) is 9.68. The van der Waals surface area contributed by atoms with E-state index in [1.54, 1.807) is 4.31 Å². The van der Waals surface area contributed by atoms with Gasteiger partial charge in [0.15, 0.2) is 5.96 Å². The number of aliphatic imine (C=N–C) groups is 1. The molecule has 0 radical (unpaired) electrons. The van der Waals surface area contributed by atoms with E-state index in [1.807, 2.05) is 13.8 Å². The van der Waals surface area contributed by atoms with Gasteiger partial charge in [-0.25, -0.2) is 8.42 Å². The number of guanidine groups is 1. The summed E-state index contributed by atoms with van der Waals surface area (Å²) < 4.78 is 31.9. The van der Waals surface area contributed by atoms with Gasteiger partial charge in [0, 0.05) is 38.8 Å². The number of hydrogen-bond donors (Lipinski definition) is 1. The van der Waals surface area contributed by atoms with E-state index in [4.69, 9.17) is 9.73 Å². The van der Waals surface area contributed by atoms with E-state index in [0.29, 0.717) is 32.2 Å². The first-order valence-corrected chi connectivity index (χ1v) is 11.8. The molecule has 1 atom stereocenters. The number of nitrogens with one attached hydrogen (secondary N) is 1. The summed E-state index contributed by atoms with van der Waals surface area (Å²) in [6.45, 7) is 11.2. The van der Waals surface area contributed by atoms with Gasteiger partial charge in [-0.15, -0.1) is 24.0 Å². The van der Waals surface area contributed by atoms with Crippen LogP contribution < -0.4 is 5.32 Å². The summed E-state index contributed by atoms with van der Waals surface area (Å²) in [6, 6.07) is 0.515. The Kier molecular flexibility index (Phi) is 11.6. The minimum atomic E-state index is -3.26. The monoisotopic (exact) mass is 531 g/mol. The van der Waals surface area contributed by atoms with E-state index in [9.17, 15) is 8.42 Å². The summed E-state index contributed by atoms with van der Waals surface area (Å²) in [6.07, 6.45) is 2.49. The molecule has 2 heterocycles. The number of hydrogen-bond acceptors (Lipinski definition) is 5. The maximum Gasteiger partial charge on any atom is 0.216 e. The maximum absolute atomic E-state index is 12.5. The molecule has 2 saturated heterocycles. The molecule has 0 aromatic rings. The lowest BCUT2D eigenvalue weighted by Gasteiger charge is -2.36. The van der Waals surface area contributed by atoms with Crippen molar-refractivity contribution in [1.82, 2.24) is 19.4 Å². The molecule has 2 rings (SSSR count). The summed E-state index contributed by atoms with van der Waals surface area (Å²) in [7, 11) is -1.10. The molecule has 0 amide bonds. The Balaban J connectivity index is 0.00000392. The largest absolute Gasteiger partial charge is 0.378 e. The zero-order chi connectivity index (χ0) is 19.9. The normalized spacial score (nSPS) is 22.5. The van der Waals surface area contributed by atoms with Crippen LogP contribution in [0.15, 0.2) is 4.99 Å². The molecule has 2 aliphatic rings. The summed E-state index contributed by atoms with van der Waals surface area (Å²) >= 11 is 0. The van der Waals surface area contributed by atoms with Crippen LogP contribution in [-0.4, -0.2) is 106 Å². The number of nitrogens with zero attached hydrogens (tertiary/aromatic N) is 4. The highest BCUT2D eigenvalue weighted by Gasteiger charge is 2.28. The molecule has 2 aliphatic heterocycles. The highest BCUT2D eigenvalue weighted by Crippen LogP contribution is 2.15. The molecule has 28 heavy (non-hydrogen) atoms. The molecule has 0 spiro atoms. The van der Waals surface area contributed by atoms with Crippen LogP contribution >= 0.6 is 24.0 Å². The molecule has 0 saturated carbocycles. The fourth-order valence-corrected chi connectivity index (χ4v) is 4.81. The van der Waals surface area contributed by atoms with Crippen molar-refractivity contribution in [3.63, 3.8) is 0 Å². The third kappa shape index (κ3) is 7.92. The summed E-state index contributed by atoms with van der Waals surface area (Å²) in [5.41, 5.74) is 0. The predicted molar refractivity (Wildman–Crippen MR) is 125 cm³/mol. The second-order valence-electron chi connectivity index (χ2n) is 7.59. The molecule has 166 valence electrons. The van der Waals surface area contributed by atoms with Gasteiger partial charge in [0.05, 0.1) is 25.0 Å². The van der Waals surface area contributed by atoms with Crippen molar-refractivity contribution in [2.45, 2.75) is 45.8 Å². The van der Waals surface area contributed by atoms with Crippen molar-refractivity contribution >= 4 is 40.0 Å². The molecular weight excluding hydrogens is 493 g/mol. The summed E-state index contributed by atoms with van der Waals surface area (Å²) in [4.78, 5) is 9.38. The van der Waals surface area contributed by atoms with E-state index in [2.05, 4.69) is 29.1 Å². The average Bonchev–Trinajstić information content (AvgIpc) is 3.03. The van der Waals surface area contributed by atoms with Crippen molar-refractivity contribution < 1.29 is 13.2 Å². The molecular formula is C18H38IN5O3S. The van der Waals surface area contributed by atoms with Gasteiger partial charge in [0.1, 0.15) is 0 Å². The van der Waals surface area contributed by atoms with E-state index in [0.717, 1.165) is 25.6 Å². The van der Waals surface area contributed by atoms with Gasteiger partial charge in [-0.05, 0) is 47.2 Å². The van der Waals surface area contributed by atoms with E-state index >= 15 is 0 Å². The first-order valence-electron chi connectivity index (χ1n) is 10.2. The molecule has 8 nitrogen and oxygen atoms in total. The van der Waals surface area contributed by atoms with Crippen LogP contribution in [-0.2, 0) is 14.8 Å². The molecule has 0 bridgehead atoms. The van der Waals surface area contributed by atoms with Crippen LogP contribution in [0.2, 0.25) is 0 Å². The van der Waals surface area contributed by atoms with Crippen LogP contribution in [0.3, 0.4) is 0 Å². The molecule has 0 aromatic heterocycles. The minimum absolute atomic E-state index is 0.